The van der Waals surface area contributed by atoms with Crippen LogP contribution in [-0.2, 0) is 32.0 Å². The third kappa shape index (κ3) is 13.4. The number of carbonyl (C=O) groups is 4. The van der Waals surface area contributed by atoms with Gasteiger partial charge in [0.15, 0.2) is 5.96 Å². The molecular formula is C30H45N9O4. The summed E-state index contributed by atoms with van der Waals surface area (Å²) in [6, 6.07) is 14.4. The zero-order valence-corrected chi connectivity index (χ0v) is 24.4. The number of rotatable bonds is 19. The molecule has 13 nitrogen and oxygen atoms in total. The van der Waals surface area contributed by atoms with Gasteiger partial charge < -0.3 is 44.2 Å². The highest BCUT2D eigenvalue weighted by molar-refractivity contribution is 5.94. The van der Waals surface area contributed by atoms with E-state index in [-0.39, 0.29) is 25.2 Å². The van der Waals surface area contributed by atoms with Gasteiger partial charge in [-0.1, -0.05) is 60.7 Å². The van der Waals surface area contributed by atoms with Crippen LogP contribution in [0, 0.1) is 5.41 Å². The summed E-state index contributed by atoms with van der Waals surface area (Å²) in [6.45, 7) is 0.734. The van der Waals surface area contributed by atoms with Crippen LogP contribution in [0.2, 0.25) is 0 Å². The van der Waals surface area contributed by atoms with E-state index in [1.807, 2.05) is 60.7 Å². The van der Waals surface area contributed by atoms with E-state index in [1.165, 1.54) is 0 Å². The molecule has 13 N–H and O–H groups in total. The SMILES string of the molecule is N=C(N)NCCC[C@@H](NC(=O)[C@@H](N)Cc1ccccc1)C(=O)N[C@@H](Cc1ccccc1)C(=O)N[C@@H](CCCCN)C(N)=O. The normalized spacial score (nSPS) is 13.5. The van der Waals surface area contributed by atoms with Crippen molar-refractivity contribution in [1.82, 2.24) is 21.3 Å². The van der Waals surface area contributed by atoms with Crippen molar-refractivity contribution in [3.63, 3.8) is 0 Å². The van der Waals surface area contributed by atoms with Crippen molar-refractivity contribution in [3.8, 4) is 0 Å². The molecule has 0 radical (unpaired) electrons. The average Bonchev–Trinajstić information content (AvgIpc) is 2.98. The fraction of sp³-hybridized carbons (Fsp3) is 0.433. The Morgan fingerprint density at radius 2 is 1.19 bits per heavy atom. The van der Waals surface area contributed by atoms with E-state index >= 15 is 0 Å². The standard InChI is InChI=1S/C30H45N9O4/c31-16-8-7-14-23(26(33)40)37-29(43)25(19-21-12-5-2-6-13-21)39-28(42)24(15-9-17-36-30(34)35)38-27(41)22(32)18-20-10-3-1-4-11-20/h1-6,10-13,22-25H,7-9,14-19,31-32H2,(H2,33,40)(H,37,43)(H,38,41)(H,39,42)(H4,34,35,36)/t22-,23-,24+,25-/m0/s1. The van der Waals surface area contributed by atoms with Gasteiger partial charge in [-0.2, -0.15) is 0 Å². The molecule has 4 amide bonds. The Morgan fingerprint density at radius 3 is 1.74 bits per heavy atom. The maximum atomic E-state index is 13.6. The Kier molecular flexibility index (Phi) is 15.2. The molecule has 2 aromatic carbocycles. The maximum absolute atomic E-state index is 13.6. The number of unbranched alkanes of at least 4 members (excludes halogenated alkanes) is 1. The minimum absolute atomic E-state index is 0.132. The van der Waals surface area contributed by atoms with Gasteiger partial charge in [-0.05, 0) is 56.2 Å². The first-order valence-corrected chi connectivity index (χ1v) is 14.4. The molecule has 0 aliphatic carbocycles. The first kappa shape index (κ1) is 34.7. The van der Waals surface area contributed by atoms with Crippen LogP contribution in [0.4, 0.5) is 0 Å². The predicted octanol–water partition coefficient (Wildman–Crippen LogP) is -0.869. The number of primary amides is 1. The van der Waals surface area contributed by atoms with E-state index in [4.69, 9.17) is 28.3 Å². The lowest BCUT2D eigenvalue weighted by Gasteiger charge is -2.26. The molecule has 0 fully saturated rings. The van der Waals surface area contributed by atoms with Crippen LogP contribution < -0.4 is 44.2 Å². The highest BCUT2D eigenvalue weighted by Gasteiger charge is 2.30. The van der Waals surface area contributed by atoms with Crippen LogP contribution in [0.1, 0.15) is 43.2 Å². The molecule has 13 heteroatoms. The topological polar surface area (TPSA) is 244 Å². The highest BCUT2D eigenvalue weighted by atomic mass is 16.2. The average molecular weight is 596 g/mol. The largest absolute Gasteiger partial charge is 0.370 e. The first-order chi connectivity index (χ1) is 20.6. The van der Waals surface area contributed by atoms with E-state index in [9.17, 15) is 19.2 Å². The van der Waals surface area contributed by atoms with E-state index in [2.05, 4.69) is 21.3 Å². The first-order valence-electron chi connectivity index (χ1n) is 14.4. The molecule has 43 heavy (non-hydrogen) atoms. The second-order valence-electron chi connectivity index (χ2n) is 10.3. The minimum atomic E-state index is -1.07. The number of hydrogen-bond acceptors (Lipinski definition) is 7. The lowest BCUT2D eigenvalue weighted by Crippen LogP contribution is -2.58. The Morgan fingerprint density at radius 1 is 0.674 bits per heavy atom. The van der Waals surface area contributed by atoms with Crippen LogP contribution in [0.3, 0.4) is 0 Å². The molecule has 0 saturated carbocycles. The summed E-state index contributed by atoms with van der Waals surface area (Å²) in [4.78, 5) is 52.1. The Bertz CT molecular complexity index is 1180. The third-order valence-corrected chi connectivity index (χ3v) is 6.78. The minimum Gasteiger partial charge on any atom is -0.370 e. The fourth-order valence-corrected chi connectivity index (χ4v) is 4.42. The van der Waals surface area contributed by atoms with Crippen LogP contribution >= 0.6 is 0 Å². The van der Waals surface area contributed by atoms with Crippen molar-refractivity contribution in [1.29, 1.82) is 5.41 Å². The van der Waals surface area contributed by atoms with Gasteiger partial charge in [-0.15, -0.1) is 0 Å². The monoisotopic (exact) mass is 595 g/mol. The van der Waals surface area contributed by atoms with Gasteiger partial charge in [0, 0.05) is 13.0 Å². The molecule has 4 atom stereocenters. The van der Waals surface area contributed by atoms with Gasteiger partial charge in [0.25, 0.3) is 0 Å². The van der Waals surface area contributed by atoms with Gasteiger partial charge in [0.1, 0.15) is 18.1 Å². The van der Waals surface area contributed by atoms with Crippen LogP contribution in [0.15, 0.2) is 60.7 Å². The molecule has 234 valence electrons. The van der Waals surface area contributed by atoms with Crippen molar-refractivity contribution in [3.05, 3.63) is 71.8 Å². The Hall–Kier alpha value is -4.49. The van der Waals surface area contributed by atoms with Gasteiger partial charge in [-0.25, -0.2) is 0 Å². The summed E-state index contributed by atoms with van der Waals surface area (Å²) in [5.74, 6) is -2.62. The molecule has 0 aromatic heterocycles. The lowest BCUT2D eigenvalue weighted by molar-refractivity contribution is -0.133. The molecule has 0 bridgehead atoms. The van der Waals surface area contributed by atoms with Crippen LogP contribution in [0.25, 0.3) is 0 Å². The van der Waals surface area contributed by atoms with Crippen molar-refractivity contribution in [2.45, 2.75) is 69.1 Å². The second-order valence-corrected chi connectivity index (χ2v) is 10.3. The summed E-state index contributed by atoms with van der Waals surface area (Å²) in [6.07, 6.45) is 2.52. The molecule has 0 spiro atoms. The van der Waals surface area contributed by atoms with Crippen molar-refractivity contribution >= 4 is 29.6 Å². The molecule has 0 aliphatic heterocycles. The Balaban J connectivity index is 2.21. The number of carbonyl (C=O) groups excluding carboxylic acids is 4. The summed E-state index contributed by atoms with van der Waals surface area (Å²) in [5.41, 5.74) is 24.2. The van der Waals surface area contributed by atoms with Gasteiger partial charge in [0.2, 0.25) is 23.6 Å². The van der Waals surface area contributed by atoms with Crippen molar-refractivity contribution in [2.24, 2.45) is 22.9 Å². The second kappa shape index (κ2) is 18.8. The van der Waals surface area contributed by atoms with Gasteiger partial charge in [0.05, 0.1) is 6.04 Å². The highest BCUT2D eigenvalue weighted by Crippen LogP contribution is 2.08. The van der Waals surface area contributed by atoms with E-state index in [0.29, 0.717) is 38.8 Å². The number of nitrogens with two attached hydrogens (primary N) is 4. The summed E-state index contributed by atoms with van der Waals surface area (Å²) in [5, 5.41) is 18.2. The molecule has 2 aromatic rings. The van der Waals surface area contributed by atoms with Crippen molar-refractivity contribution < 1.29 is 19.2 Å². The van der Waals surface area contributed by atoms with Crippen LogP contribution in [-0.4, -0.2) is 66.8 Å². The lowest BCUT2D eigenvalue weighted by atomic mass is 10.0. The third-order valence-electron chi connectivity index (χ3n) is 6.78. The Labute approximate surface area is 252 Å². The number of amides is 4. The number of hydrogen-bond donors (Lipinski definition) is 9. The number of benzene rings is 2. The zero-order chi connectivity index (χ0) is 31.6. The maximum Gasteiger partial charge on any atom is 0.243 e. The number of guanidine groups is 1. The molecule has 0 saturated heterocycles. The summed E-state index contributed by atoms with van der Waals surface area (Å²) < 4.78 is 0. The molecule has 0 aliphatic rings. The number of nitrogens with one attached hydrogen (secondary N) is 5. The quantitative estimate of drug-likeness (QED) is 0.0560. The van der Waals surface area contributed by atoms with E-state index in [0.717, 1.165) is 11.1 Å². The molecular weight excluding hydrogens is 550 g/mol. The van der Waals surface area contributed by atoms with Crippen LogP contribution in [0.5, 0.6) is 0 Å². The fourth-order valence-electron chi connectivity index (χ4n) is 4.42. The predicted molar refractivity (Wildman–Crippen MR) is 165 cm³/mol. The van der Waals surface area contributed by atoms with Gasteiger partial charge >= 0.3 is 0 Å². The molecule has 0 heterocycles. The van der Waals surface area contributed by atoms with Crippen molar-refractivity contribution in [2.75, 3.05) is 13.1 Å². The molecule has 0 unspecified atom stereocenters. The van der Waals surface area contributed by atoms with E-state index in [1.54, 1.807) is 0 Å². The summed E-state index contributed by atoms with van der Waals surface area (Å²) in [7, 11) is 0. The summed E-state index contributed by atoms with van der Waals surface area (Å²) >= 11 is 0. The van der Waals surface area contributed by atoms with Gasteiger partial charge in [-0.3, -0.25) is 24.6 Å². The van der Waals surface area contributed by atoms with E-state index < -0.39 is 47.8 Å². The zero-order valence-electron chi connectivity index (χ0n) is 24.4. The smallest absolute Gasteiger partial charge is 0.243 e. The molecule has 2 rings (SSSR count).